The number of nitrogens with zero attached hydrogens (tertiary/aromatic N) is 3. The van der Waals surface area contributed by atoms with E-state index in [1.165, 1.54) is 31.0 Å². The van der Waals surface area contributed by atoms with E-state index in [0.717, 1.165) is 11.5 Å². The third kappa shape index (κ3) is 6.34. The van der Waals surface area contributed by atoms with Crippen LogP contribution in [-0.4, -0.2) is 41.2 Å². The Bertz CT molecular complexity index is 1270. The van der Waals surface area contributed by atoms with Crippen molar-refractivity contribution in [1.82, 2.24) is 9.36 Å². The van der Waals surface area contributed by atoms with Gasteiger partial charge in [0.25, 0.3) is 5.91 Å². The summed E-state index contributed by atoms with van der Waals surface area (Å²) in [6, 6.07) is 13.2. The van der Waals surface area contributed by atoms with Crippen molar-refractivity contribution in [3.63, 3.8) is 0 Å². The van der Waals surface area contributed by atoms with Gasteiger partial charge in [-0.2, -0.15) is 14.6 Å². The van der Waals surface area contributed by atoms with Crippen LogP contribution in [0.3, 0.4) is 0 Å². The summed E-state index contributed by atoms with van der Waals surface area (Å²) in [5.74, 6) is -0.174. The zero-order chi connectivity index (χ0) is 24.5. The first-order valence-corrected chi connectivity index (χ1v) is 11.9. The number of nitriles is 1. The summed E-state index contributed by atoms with van der Waals surface area (Å²) in [6.07, 6.45) is 3.23. The van der Waals surface area contributed by atoms with Crippen LogP contribution in [0.15, 0.2) is 53.2 Å². The molecular weight excluding hydrogens is 476 g/mol. The van der Waals surface area contributed by atoms with Gasteiger partial charge < -0.3 is 14.2 Å². The summed E-state index contributed by atoms with van der Waals surface area (Å²) in [6.45, 7) is 2.10. The van der Waals surface area contributed by atoms with E-state index in [4.69, 9.17) is 14.2 Å². The number of aromatic nitrogens is 2. The molecule has 0 saturated carbocycles. The normalized spacial score (nSPS) is 10.8. The van der Waals surface area contributed by atoms with Crippen molar-refractivity contribution in [2.75, 3.05) is 25.3 Å². The van der Waals surface area contributed by atoms with Gasteiger partial charge in [-0.15, -0.1) is 0 Å². The number of thioether (sulfide) groups is 1. The Morgan fingerprint density at radius 3 is 2.74 bits per heavy atom. The molecule has 2 aromatic carbocycles. The Morgan fingerprint density at radius 1 is 1.24 bits per heavy atom. The molecule has 174 valence electrons. The first kappa shape index (κ1) is 24.8. The molecule has 3 aromatic rings. The minimum atomic E-state index is -0.613. The molecule has 9 nitrogen and oxygen atoms in total. The van der Waals surface area contributed by atoms with Gasteiger partial charge in [0.05, 0.1) is 19.3 Å². The lowest BCUT2D eigenvalue weighted by molar-refractivity contribution is -0.112. The molecule has 34 heavy (non-hydrogen) atoms. The molecule has 1 heterocycles. The molecule has 0 unspecified atom stereocenters. The predicted molar refractivity (Wildman–Crippen MR) is 129 cm³/mol. The highest BCUT2D eigenvalue weighted by atomic mass is 32.2. The molecule has 0 saturated heterocycles. The SMILES string of the molecule is CCOc1cc(C=C(C#N)C(=O)Nc2nc(SC)ns2)ccc1OC(=O)c1cccc(OC)c1. The van der Waals surface area contributed by atoms with E-state index in [9.17, 15) is 14.9 Å². The van der Waals surface area contributed by atoms with Crippen LogP contribution in [0.5, 0.6) is 17.2 Å². The van der Waals surface area contributed by atoms with Gasteiger partial charge in [0, 0.05) is 11.5 Å². The molecule has 1 aromatic heterocycles. The van der Waals surface area contributed by atoms with Crippen LogP contribution in [-0.2, 0) is 4.79 Å². The summed E-state index contributed by atoms with van der Waals surface area (Å²) in [5, 5.41) is 12.9. The number of rotatable bonds is 9. The fraction of sp³-hybridized carbons (Fsp3) is 0.174. The monoisotopic (exact) mass is 496 g/mol. The van der Waals surface area contributed by atoms with Gasteiger partial charge in [-0.3, -0.25) is 10.1 Å². The zero-order valence-electron chi connectivity index (χ0n) is 18.5. The number of nitrogens with one attached hydrogen (secondary N) is 1. The van der Waals surface area contributed by atoms with Crippen molar-refractivity contribution >= 4 is 46.4 Å². The second-order valence-corrected chi connectivity index (χ2v) is 8.00. The standard InChI is InChI=1S/C23H20N4O5S2/c1-4-31-19-11-14(10-16(13-24)20(28)25-22-26-23(33-3)27-34-22)8-9-18(19)32-21(29)15-6-5-7-17(12-15)30-2/h5-12H,4H2,1-3H3,(H,25,26,27,28). The summed E-state index contributed by atoms with van der Waals surface area (Å²) >= 11 is 2.37. The molecule has 0 atom stereocenters. The Hall–Kier alpha value is -3.88. The minimum absolute atomic E-state index is 0.135. The quantitative estimate of drug-likeness (QED) is 0.151. The molecule has 0 aliphatic heterocycles. The predicted octanol–water partition coefficient (Wildman–Crippen LogP) is 4.43. The van der Waals surface area contributed by atoms with Crippen LogP contribution in [0.4, 0.5) is 5.13 Å². The smallest absolute Gasteiger partial charge is 0.343 e. The summed E-state index contributed by atoms with van der Waals surface area (Å²) in [7, 11) is 1.51. The van der Waals surface area contributed by atoms with Gasteiger partial charge in [0.1, 0.15) is 17.4 Å². The molecule has 3 rings (SSSR count). The van der Waals surface area contributed by atoms with Gasteiger partial charge >= 0.3 is 5.97 Å². The number of hydrogen-bond acceptors (Lipinski definition) is 10. The average Bonchev–Trinajstić information content (AvgIpc) is 3.31. The number of anilines is 1. The van der Waals surface area contributed by atoms with E-state index in [-0.39, 0.29) is 11.3 Å². The maximum atomic E-state index is 12.6. The van der Waals surface area contributed by atoms with Crippen molar-refractivity contribution in [2.24, 2.45) is 0 Å². The van der Waals surface area contributed by atoms with E-state index in [1.54, 1.807) is 43.3 Å². The number of hydrogen-bond donors (Lipinski definition) is 1. The van der Waals surface area contributed by atoms with Crippen molar-refractivity contribution in [3.05, 3.63) is 59.2 Å². The van der Waals surface area contributed by atoms with E-state index in [0.29, 0.717) is 39.5 Å². The largest absolute Gasteiger partial charge is 0.497 e. The van der Waals surface area contributed by atoms with Crippen LogP contribution in [0, 0.1) is 11.3 Å². The number of benzene rings is 2. The zero-order valence-corrected chi connectivity index (χ0v) is 20.2. The van der Waals surface area contributed by atoms with Crippen molar-refractivity contribution in [3.8, 4) is 23.3 Å². The van der Waals surface area contributed by atoms with Crippen LogP contribution >= 0.6 is 23.3 Å². The second kappa shape index (κ2) is 11.8. The third-order valence-electron chi connectivity index (χ3n) is 4.26. The fourth-order valence-corrected chi connectivity index (χ4v) is 3.82. The number of ether oxygens (including phenoxy) is 3. The summed E-state index contributed by atoms with van der Waals surface area (Å²) < 4.78 is 20.3. The van der Waals surface area contributed by atoms with Gasteiger partial charge in [-0.25, -0.2) is 4.79 Å². The number of esters is 1. The Morgan fingerprint density at radius 2 is 2.06 bits per heavy atom. The average molecular weight is 497 g/mol. The van der Waals surface area contributed by atoms with E-state index in [2.05, 4.69) is 14.7 Å². The van der Waals surface area contributed by atoms with Crippen LogP contribution in [0.25, 0.3) is 6.08 Å². The molecule has 0 bridgehead atoms. The topological polar surface area (TPSA) is 123 Å². The van der Waals surface area contributed by atoms with Gasteiger partial charge in [-0.05, 0) is 55.2 Å². The van der Waals surface area contributed by atoms with Crippen molar-refractivity contribution < 1.29 is 23.8 Å². The molecule has 11 heteroatoms. The lowest BCUT2D eigenvalue weighted by Gasteiger charge is -2.12. The van der Waals surface area contributed by atoms with Gasteiger partial charge in [0.15, 0.2) is 11.5 Å². The Kier molecular flexibility index (Phi) is 8.61. The highest BCUT2D eigenvalue weighted by molar-refractivity contribution is 7.98. The van der Waals surface area contributed by atoms with Crippen LogP contribution in [0.1, 0.15) is 22.8 Å². The number of carbonyl (C=O) groups excluding carboxylic acids is 2. The summed E-state index contributed by atoms with van der Waals surface area (Å²) in [5.41, 5.74) is 0.693. The van der Waals surface area contributed by atoms with E-state index in [1.807, 2.05) is 12.3 Å². The molecule has 0 aliphatic rings. The second-order valence-electron chi connectivity index (χ2n) is 6.47. The van der Waals surface area contributed by atoms with Gasteiger partial charge in [-0.1, -0.05) is 23.9 Å². The number of carbonyl (C=O) groups is 2. The van der Waals surface area contributed by atoms with Crippen molar-refractivity contribution in [2.45, 2.75) is 12.1 Å². The number of amides is 1. The Labute approximate surface area is 204 Å². The fourth-order valence-electron chi connectivity index (χ4n) is 2.70. The molecule has 0 radical (unpaired) electrons. The molecule has 0 spiro atoms. The highest BCUT2D eigenvalue weighted by Crippen LogP contribution is 2.30. The van der Waals surface area contributed by atoms with Crippen molar-refractivity contribution in [1.29, 1.82) is 5.26 Å². The molecular formula is C23H20N4O5S2. The minimum Gasteiger partial charge on any atom is -0.497 e. The maximum absolute atomic E-state index is 12.6. The Balaban J connectivity index is 1.81. The third-order valence-corrected chi connectivity index (χ3v) is 5.56. The lowest BCUT2D eigenvalue weighted by atomic mass is 10.1. The van der Waals surface area contributed by atoms with Crippen LogP contribution < -0.4 is 19.5 Å². The molecule has 0 aliphatic carbocycles. The summed E-state index contributed by atoms with van der Waals surface area (Å²) in [4.78, 5) is 29.2. The highest BCUT2D eigenvalue weighted by Gasteiger charge is 2.16. The van der Waals surface area contributed by atoms with E-state index < -0.39 is 11.9 Å². The first-order chi connectivity index (χ1) is 16.5. The molecule has 1 amide bonds. The van der Waals surface area contributed by atoms with Crippen LogP contribution in [0.2, 0.25) is 0 Å². The first-order valence-electron chi connectivity index (χ1n) is 9.91. The molecule has 1 N–H and O–H groups in total. The number of methoxy groups -OCH3 is 1. The van der Waals surface area contributed by atoms with E-state index >= 15 is 0 Å². The lowest BCUT2D eigenvalue weighted by Crippen LogP contribution is -2.13. The maximum Gasteiger partial charge on any atom is 0.343 e. The molecule has 0 fully saturated rings. The van der Waals surface area contributed by atoms with Gasteiger partial charge in [0.2, 0.25) is 10.3 Å².